The SMILES string of the molecule is COc1cccc(N(CC(C)C)C(N)=O)c1. The van der Waals surface area contributed by atoms with Gasteiger partial charge in [-0.1, -0.05) is 19.9 Å². The highest BCUT2D eigenvalue weighted by Gasteiger charge is 2.14. The maximum atomic E-state index is 11.3. The molecule has 0 aliphatic heterocycles. The summed E-state index contributed by atoms with van der Waals surface area (Å²) in [4.78, 5) is 12.9. The van der Waals surface area contributed by atoms with Crippen LogP contribution in [0.5, 0.6) is 5.75 Å². The molecule has 4 heteroatoms. The number of urea groups is 1. The highest BCUT2D eigenvalue weighted by atomic mass is 16.5. The number of hydrogen-bond acceptors (Lipinski definition) is 2. The Morgan fingerprint density at radius 2 is 2.19 bits per heavy atom. The molecule has 0 unspecified atom stereocenters. The van der Waals surface area contributed by atoms with Crippen LogP contribution in [0.2, 0.25) is 0 Å². The third-order valence-electron chi connectivity index (χ3n) is 2.18. The highest BCUT2D eigenvalue weighted by molar-refractivity contribution is 5.90. The number of amides is 2. The van der Waals surface area contributed by atoms with Crippen molar-refractivity contribution in [2.45, 2.75) is 13.8 Å². The molecule has 0 radical (unpaired) electrons. The molecule has 0 aliphatic carbocycles. The van der Waals surface area contributed by atoms with Crippen LogP contribution in [0, 0.1) is 5.92 Å². The van der Waals surface area contributed by atoms with Crippen molar-refractivity contribution in [1.29, 1.82) is 0 Å². The summed E-state index contributed by atoms with van der Waals surface area (Å²) in [5, 5.41) is 0. The number of hydrogen-bond donors (Lipinski definition) is 1. The van der Waals surface area contributed by atoms with E-state index >= 15 is 0 Å². The molecule has 0 aliphatic rings. The Labute approximate surface area is 96.0 Å². The van der Waals surface area contributed by atoms with Crippen LogP contribution in [0.1, 0.15) is 13.8 Å². The fraction of sp³-hybridized carbons (Fsp3) is 0.417. The number of nitrogens with two attached hydrogens (primary N) is 1. The molecule has 2 N–H and O–H groups in total. The normalized spacial score (nSPS) is 10.2. The zero-order valence-corrected chi connectivity index (χ0v) is 9.93. The first-order valence-electron chi connectivity index (χ1n) is 5.25. The van der Waals surface area contributed by atoms with Crippen molar-refractivity contribution >= 4 is 11.7 Å². The largest absolute Gasteiger partial charge is 0.497 e. The summed E-state index contributed by atoms with van der Waals surface area (Å²) in [6.45, 7) is 4.68. The van der Waals surface area contributed by atoms with Crippen molar-refractivity contribution in [3.63, 3.8) is 0 Å². The van der Waals surface area contributed by atoms with Gasteiger partial charge in [0.2, 0.25) is 0 Å². The van der Waals surface area contributed by atoms with Gasteiger partial charge in [-0.2, -0.15) is 0 Å². The van der Waals surface area contributed by atoms with Gasteiger partial charge in [0.25, 0.3) is 0 Å². The van der Waals surface area contributed by atoms with Crippen LogP contribution in [-0.4, -0.2) is 19.7 Å². The topological polar surface area (TPSA) is 55.6 Å². The molecule has 0 saturated carbocycles. The van der Waals surface area contributed by atoms with Crippen molar-refractivity contribution < 1.29 is 9.53 Å². The first-order valence-corrected chi connectivity index (χ1v) is 5.25. The molecular formula is C12H18N2O2. The fourth-order valence-electron chi connectivity index (χ4n) is 1.47. The molecule has 88 valence electrons. The maximum Gasteiger partial charge on any atom is 0.319 e. The van der Waals surface area contributed by atoms with Crippen molar-refractivity contribution in [2.75, 3.05) is 18.6 Å². The second-order valence-electron chi connectivity index (χ2n) is 4.04. The standard InChI is InChI=1S/C12H18N2O2/c1-9(2)8-14(12(13)15)10-5-4-6-11(7-10)16-3/h4-7,9H,8H2,1-3H3,(H2,13,15). The number of anilines is 1. The zero-order valence-electron chi connectivity index (χ0n) is 9.93. The number of nitrogens with zero attached hydrogens (tertiary/aromatic N) is 1. The van der Waals surface area contributed by atoms with E-state index in [1.807, 2.05) is 32.0 Å². The van der Waals surface area contributed by atoms with E-state index in [1.54, 1.807) is 18.1 Å². The van der Waals surface area contributed by atoms with Gasteiger partial charge in [0, 0.05) is 18.3 Å². The van der Waals surface area contributed by atoms with Crippen molar-refractivity contribution in [3.05, 3.63) is 24.3 Å². The monoisotopic (exact) mass is 222 g/mol. The summed E-state index contributed by atoms with van der Waals surface area (Å²) in [7, 11) is 1.59. The number of primary amides is 1. The van der Waals surface area contributed by atoms with Gasteiger partial charge in [0.15, 0.2) is 0 Å². The summed E-state index contributed by atoms with van der Waals surface area (Å²) in [6.07, 6.45) is 0. The Morgan fingerprint density at radius 3 is 2.69 bits per heavy atom. The molecule has 0 fully saturated rings. The Bertz CT molecular complexity index is 364. The van der Waals surface area contributed by atoms with E-state index in [0.717, 1.165) is 5.69 Å². The smallest absolute Gasteiger partial charge is 0.319 e. The van der Waals surface area contributed by atoms with Gasteiger partial charge < -0.3 is 10.5 Å². The predicted molar refractivity (Wildman–Crippen MR) is 64.8 cm³/mol. The predicted octanol–water partition coefficient (Wildman–Crippen LogP) is 2.24. The van der Waals surface area contributed by atoms with Crippen LogP contribution in [0.4, 0.5) is 10.5 Å². The first kappa shape index (κ1) is 12.4. The summed E-state index contributed by atoms with van der Waals surface area (Å²) in [6, 6.07) is 6.87. The van der Waals surface area contributed by atoms with E-state index in [1.165, 1.54) is 0 Å². The fourth-order valence-corrected chi connectivity index (χ4v) is 1.47. The molecule has 0 atom stereocenters. The quantitative estimate of drug-likeness (QED) is 0.849. The third-order valence-corrected chi connectivity index (χ3v) is 2.18. The maximum absolute atomic E-state index is 11.3. The van der Waals surface area contributed by atoms with E-state index in [9.17, 15) is 4.79 Å². The third kappa shape index (κ3) is 3.15. The molecule has 1 aromatic rings. The van der Waals surface area contributed by atoms with Gasteiger partial charge in [0.05, 0.1) is 7.11 Å². The molecular weight excluding hydrogens is 204 g/mol. The first-order chi connectivity index (χ1) is 7.54. The second-order valence-corrected chi connectivity index (χ2v) is 4.04. The lowest BCUT2D eigenvalue weighted by molar-refractivity contribution is 0.253. The zero-order chi connectivity index (χ0) is 12.1. The number of ether oxygens (including phenoxy) is 1. The van der Waals surface area contributed by atoms with Crippen molar-refractivity contribution in [1.82, 2.24) is 0 Å². The average molecular weight is 222 g/mol. The van der Waals surface area contributed by atoms with Gasteiger partial charge in [-0.25, -0.2) is 4.79 Å². The van der Waals surface area contributed by atoms with Crippen LogP contribution in [0.15, 0.2) is 24.3 Å². The summed E-state index contributed by atoms with van der Waals surface area (Å²) in [5.41, 5.74) is 6.12. The summed E-state index contributed by atoms with van der Waals surface area (Å²) < 4.78 is 5.11. The molecule has 1 aromatic carbocycles. The van der Waals surface area contributed by atoms with E-state index in [-0.39, 0.29) is 0 Å². The van der Waals surface area contributed by atoms with Crippen LogP contribution < -0.4 is 15.4 Å². The molecule has 4 nitrogen and oxygen atoms in total. The van der Waals surface area contributed by atoms with Crippen LogP contribution in [0.3, 0.4) is 0 Å². The van der Waals surface area contributed by atoms with Crippen LogP contribution >= 0.6 is 0 Å². The number of methoxy groups -OCH3 is 1. The second kappa shape index (κ2) is 5.39. The number of rotatable bonds is 4. The van der Waals surface area contributed by atoms with E-state index in [0.29, 0.717) is 18.2 Å². The number of carbonyl (C=O) groups is 1. The summed E-state index contributed by atoms with van der Waals surface area (Å²) >= 11 is 0. The lowest BCUT2D eigenvalue weighted by Gasteiger charge is -2.22. The van der Waals surface area contributed by atoms with E-state index in [4.69, 9.17) is 10.5 Å². The average Bonchev–Trinajstić information content (AvgIpc) is 2.25. The minimum atomic E-state index is -0.443. The van der Waals surface area contributed by atoms with E-state index < -0.39 is 6.03 Å². The highest BCUT2D eigenvalue weighted by Crippen LogP contribution is 2.21. The molecule has 0 bridgehead atoms. The van der Waals surface area contributed by atoms with Gasteiger partial charge in [0.1, 0.15) is 5.75 Å². The van der Waals surface area contributed by atoms with Crippen molar-refractivity contribution in [2.24, 2.45) is 11.7 Å². The Kier molecular flexibility index (Phi) is 4.17. The summed E-state index contributed by atoms with van der Waals surface area (Å²) in [5.74, 6) is 1.08. The minimum Gasteiger partial charge on any atom is -0.497 e. The van der Waals surface area contributed by atoms with Gasteiger partial charge in [-0.3, -0.25) is 4.90 Å². The van der Waals surface area contributed by atoms with Gasteiger partial charge >= 0.3 is 6.03 Å². The van der Waals surface area contributed by atoms with E-state index in [2.05, 4.69) is 0 Å². The molecule has 0 spiro atoms. The Balaban J connectivity index is 2.96. The van der Waals surface area contributed by atoms with Crippen LogP contribution in [0.25, 0.3) is 0 Å². The van der Waals surface area contributed by atoms with Crippen molar-refractivity contribution in [3.8, 4) is 5.75 Å². The van der Waals surface area contributed by atoms with Crippen LogP contribution in [-0.2, 0) is 0 Å². The van der Waals surface area contributed by atoms with Gasteiger partial charge in [-0.15, -0.1) is 0 Å². The molecule has 0 heterocycles. The molecule has 0 aromatic heterocycles. The molecule has 0 saturated heterocycles. The Morgan fingerprint density at radius 1 is 1.50 bits per heavy atom. The number of carbonyl (C=O) groups excluding carboxylic acids is 1. The Hall–Kier alpha value is -1.71. The number of benzene rings is 1. The van der Waals surface area contributed by atoms with Gasteiger partial charge in [-0.05, 0) is 18.1 Å². The molecule has 1 rings (SSSR count). The lowest BCUT2D eigenvalue weighted by atomic mass is 10.2. The minimum absolute atomic E-state index is 0.360. The molecule has 16 heavy (non-hydrogen) atoms. The lowest BCUT2D eigenvalue weighted by Crippen LogP contribution is -2.38. The molecule has 2 amide bonds.